The van der Waals surface area contributed by atoms with Gasteiger partial charge in [0.25, 0.3) is 20.2 Å². The first-order valence-electron chi connectivity index (χ1n) is 5.12. The van der Waals surface area contributed by atoms with E-state index in [0.717, 1.165) is 6.07 Å². The Morgan fingerprint density at radius 3 is 2.00 bits per heavy atom. The van der Waals surface area contributed by atoms with E-state index in [0.29, 0.717) is 6.29 Å². The predicted octanol–water partition coefficient (Wildman–Crippen LogP) is 1.15. The van der Waals surface area contributed by atoms with E-state index in [4.69, 9.17) is 4.55 Å². The maximum Gasteiger partial charge on any atom is 0.296 e. The highest BCUT2D eigenvalue weighted by atomic mass is 32.2. The second kappa shape index (κ2) is 4.63. The van der Waals surface area contributed by atoms with Crippen LogP contribution in [0.4, 0.5) is 0 Å². The molecule has 2 aromatic carbocycles. The van der Waals surface area contributed by atoms with Crippen LogP contribution in [-0.4, -0.2) is 32.2 Å². The third-order valence-electron chi connectivity index (χ3n) is 2.67. The van der Waals surface area contributed by atoms with Crippen molar-refractivity contribution in [1.82, 2.24) is 0 Å². The van der Waals surface area contributed by atoms with E-state index in [9.17, 15) is 26.2 Å². The number of hydrogen-bond acceptors (Lipinski definition) is 5. The zero-order valence-electron chi connectivity index (χ0n) is 9.72. The van der Waals surface area contributed by atoms with Gasteiger partial charge >= 0.3 is 0 Å². The molecule has 0 aromatic heterocycles. The molecule has 0 unspecified atom stereocenters. The van der Waals surface area contributed by atoms with Crippen molar-refractivity contribution in [3.63, 3.8) is 0 Å². The molecule has 0 bridgehead atoms. The van der Waals surface area contributed by atoms with Gasteiger partial charge < -0.3 is 0 Å². The highest BCUT2D eigenvalue weighted by Crippen LogP contribution is 2.31. The minimum atomic E-state index is -4.92. The topological polar surface area (TPSA) is 126 Å². The van der Waals surface area contributed by atoms with Crippen molar-refractivity contribution in [2.24, 2.45) is 0 Å². The molecule has 0 heterocycles. The van der Waals surface area contributed by atoms with Crippen molar-refractivity contribution in [3.8, 4) is 0 Å². The molecule has 2 N–H and O–H groups in total. The first kappa shape index (κ1) is 14.6. The van der Waals surface area contributed by atoms with Crippen molar-refractivity contribution in [2.75, 3.05) is 0 Å². The molecule has 2 aromatic rings. The molecule has 0 amide bonds. The van der Waals surface area contributed by atoms with E-state index in [1.807, 2.05) is 0 Å². The second-order valence-electron chi connectivity index (χ2n) is 3.90. The van der Waals surface area contributed by atoms with Gasteiger partial charge in [-0.25, -0.2) is 0 Å². The van der Waals surface area contributed by atoms with Crippen molar-refractivity contribution < 1.29 is 30.7 Å². The van der Waals surface area contributed by atoms with Gasteiger partial charge in [-0.05, 0) is 11.5 Å². The fourth-order valence-corrected chi connectivity index (χ4v) is 3.90. The molecule has 0 radical (unpaired) electrons. The van der Waals surface area contributed by atoms with E-state index < -0.39 is 30.0 Å². The Labute approximate surface area is 114 Å². The lowest BCUT2D eigenvalue weighted by Crippen LogP contribution is -2.09. The molecule has 0 aliphatic rings. The normalized spacial score (nSPS) is 12.5. The second-order valence-corrected chi connectivity index (χ2v) is 6.65. The predicted molar refractivity (Wildman–Crippen MR) is 69.0 cm³/mol. The highest BCUT2D eigenvalue weighted by Gasteiger charge is 2.26. The number of carbonyl (C=O) groups is 1. The Bertz CT molecular complexity index is 911. The van der Waals surface area contributed by atoms with Crippen LogP contribution in [0.3, 0.4) is 0 Å². The van der Waals surface area contributed by atoms with Crippen molar-refractivity contribution in [3.05, 3.63) is 35.9 Å². The lowest BCUT2D eigenvalue weighted by Gasteiger charge is -2.09. The van der Waals surface area contributed by atoms with Gasteiger partial charge in [-0.2, -0.15) is 16.8 Å². The van der Waals surface area contributed by atoms with E-state index in [1.54, 1.807) is 0 Å². The maximum absolute atomic E-state index is 11.4. The molecule has 0 atom stereocenters. The first-order valence-corrected chi connectivity index (χ1v) is 8.00. The minimum absolute atomic E-state index is 0.120. The van der Waals surface area contributed by atoms with E-state index >= 15 is 0 Å². The maximum atomic E-state index is 11.4. The molecule has 106 valence electrons. The SMILES string of the molecule is O=Cc1cccc2c(S(=O)(=O)O)c(S(=O)(=O)O)ccc12. The average Bonchev–Trinajstić information content (AvgIpc) is 2.34. The zero-order chi connectivity index (χ0) is 15.1. The Morgan fingerprint density at radius 1 is 0.850 bits per heavy atom. The molecule has 0 aliphatic carbocycles. The highest BCUT2D eigenvalue weighted by molar-refractivity contribution is 7.89. The van der Waals surface area contributed by atoms with Crippen LogP contribution < -0.4 is 0 Å². The minimum Gasteiger partial charge on any atom is -0.298 e. The summed E-state index contributed by atoms with van der Waals surface area (Å²) in [5.41, 5.74) is 0.120. The van der Waals surface area contributed by atoms with Crippen LogP contribution in [0.5, 0.6) is 0 Å². The van der Waals surface area contributed by atoms with Crippen LogP contribution in [0.15, 0.2) is 40.1 Å². The number of benzene rings is 2. The molecular formula is C11H8O7S2. The third-order valence-corrected chi connectivity index (χ3v) is 4.65. The van der Waals surface area contributed by atoms with E-state index in [2.05, 4.69) is 0 Å². The summed E-state index contributed by atoms with van der Waals surface area (Å²) >= 11 is 0. The van der Waals surface area contributed by atoms with Gasteiger partial charge in [0, 0.05) is 10.9 Å². The summed E-state index contributed by atoms with van der Waals surface area (Å²) < 4.78 is 63.5. The number of fused-ring (bicyclic) bond motifs is 1. The molecule has 0 fully saturated rings. The lowest BCUT2D eigenvalue weighted by molar-refractivity contribution is 0.112. The molecule has 9 heteroatoms. The molecule has 2 rings (SSSR count). The van der Waals surface area contributed by atoms with Crippen molar-refractivity contribution in [2.45, 2.75) is 9.79 Å². The molecule has 20 heavy (non-hydrogen) atoms. The van der Waals surface area contributed by atoms with Crippen LogP contribution >= 0.6 is 0 Å². The molecule has 0 saturated heterocycles. The summed E-state index contributed by atoms with van der Waals surface area (Å²) in [6, 6.07) is 5.94. The van der Waals surface area contributed by atoms with Gasteiger partial charge in [-0.1, -0.05) is 24.3 Å². The van der Waals surface area contributed by atoms with Crippen LogP contribution in [-0.2, 0) is 20.2 Å². The first-order chi connectivity index (χ1) is 9.16. The van der Waals surface area contributed by atoms with Crippen molar-refractivity contribution in [1.29, 1.82) is 0 Å². The van der Waals surface area contributed by atoms with Gasteiger partial charge in [0.15, 0.2) is 6.29 Å². The van der Waals surface area contributed by atoms with Crippen LogP contribution in [0.1, 0.15) is 10.4 Å². The molecule has 7 nitrogen and oxygen atoms in total. The van der Waals surface area contributed by atoms with Crippen LogP contribution in [0.2, 0.25) is 0 Å². The summed E-state index contributed by atoms with van der Waals surface area (Å²) in [4.78, 5) is 8.98. The van der Waals surface area contributed by atoms with Gasteiger partial charge in [-0.15, -0.1) is 0 Å². The number of carbonyl (C=O) groups excluding carboxylic acids is 1. The van der Waals surface area contributed by atoms with Crippen LogP contribution in [0.25, 0.3) is 10.8 Å². The summed E-state index contributed by atoms with van der Waals surface area (Å²) in [6.45, 7) is 0. The third kappa shape index (κ3) is 2.43. The molecule has 0 spiro atoms. The quantitative estimate of drug-likeness (QED) is 0.642. The average molecular weight is 316 g/mol. The summed E-state index contributed by atoms with van der Waals surface area (Å²) in [6.07, 6.45) is 0.462. The Balaban J connectivity index is 3.13. The fourth-order valence-electron chi connectivity index (χ4n) is 1.91. The fraction of sp³-hybridized carbons (Fsp3) is 0. The standard InChI is InChI=1S/C11H8O7S2/c12-6-7-2-1-3-9-8(7)4-5-10(19(13,14)15)11(9)20(16,17)18/h1-6H,(H,13,14,15)(H,16,17,18). The largest absolute Gasteiger partial charge is 0.298 e. The molecular weight excluding hydrogens is 308 g/mol. The van der Waals surface area contributed by atoms with E-state index in [1.165, 1.54) is 24.3 Å². The summed E-state index contributed by atoms with van der Waals surface area (Å²) in [5.74, 6) is 0. The van der Waals surface area contributed by atoms with Crippen LogP contribution in [0, 0.1) is 0 Å². The lowest BCUT2D eigenvalue weighted by atomic mass is 10.1. The number of aldehydes is 1. The van der Waals surface area contributed by atoms with Gasteiger partial charge in [0.2, 0.25) is 0 Å². The van der Waals surface area contributed by atoms with Crippen molar-refractivity contribution >= 4 is 37.3 Å². The Morgan fingerprint density at radius 2 is 1.50 bits per heavy atom. The number of hydrogen-bond donors (Lipinski definition) is 2. The zero-order valence-corrected chi connectivity index (χ0v) is 11.3. The van der Waals surface area contributed by atoms with Gasteiger partial charge in [0.05, 0.1) is 0 Å². The van der Waals surface area contributed by atoms with Gasteiger partial charge in [0.1, 0.15) is 9.79 Å². The monoisotopic (exact) mass is 316 g/mol. The van der Waals surface area contributed by atoms with E-state index in [-0.39, 0.29) is 16.3 Å². The summed E-state index contributed by atoms with van der Waals surface area (Å²) in [7, 11) is -9.78. The number of rotatable bonds is 3. The molecule has 0 aliphatic heterocycles. The molecule has 0 saturated carbocycles. The Hall–Kier alpha value is -1.81. The van der Waals surface area contributed by atoms with Gasteiger partial charge in [-0.3, -0.25) is 13.9 Å². The summed E-state index contributed by atoms with van der Waals surface area (Å²) in [5, 5.41) is -0.0326. The Kier molecular flexibility index (Phi) is 3.38. The smallest absolute Gasteiger partial charge is 0.296 e.